The standard InChI is InChI=1S/C46H31NOSe/c1-28-15-19-30(20-16-28)47(31-21-17-29(2)18-22-31)32-23-24-35-33-9-3-6-12-39(33)46(41(35)25-32)40-13-7-4-10-34(40)37-27-44-38(26-42(37)46)45(48)36-11-5-8-14-43(36)49-44/h3-27H,1-2H3. The third-order valence-corrected chi connectivity index (χ3v) is 13.0. The molecule has 2 aliphatic carbocycles. The SMILES string of the molecule is Cc1ccc(N(c2ccc(C)cc2)c2ccc3c(c2)C2(c4ccccc4-3)c3ccccc3-c3cc4[se]c5ccccc5c(=O)c4cc32)cc1. The van der Waals surface area contributed by atoms with Crippen molar-refractivity contribution in [3.8, 4) is 22.3 Å². The molecule has 0 N–H and O–H groups in total. The van der Waals surface area contributed by atoms with Crippen molar-refractivity contribution in [2.24, 2.45) is 0 Å². The molecule has 0 amide bonds. The van der Waals surface area contributed by atoms with Crippen LogP contribution in [0.4, 0.5) is 17.1 Å². The van der Waals surface area contributed by atoms with Gasteiger partial charge in [-0.3, -0.25) is 0 Å². The second kappa shape index (κ2) is 10.5. The predicted molar refractivity (Wildman–Crippen MR) is 205 cm³/mol. The second-order valence-electron chi connectivity index (χ2n) is 13.4. The summed E-state index contributed by atoms with van der Waals surface area (Å²) in [6, 6.07) is 55.2. The first kappa shape index (κ1) is 28.5. The van der Waals surface area contributed by atoms with Gasteiger partial charge in [-0.05, 0) is 13.8 Å². The van der Waals surface area contributed by atoms with Gasteiger partial charge in [0.25, 0.3) is 0 Å². The van der Waals surface area contributed by atoms with E-state index in [1.54, 1.807) is 0 Å². The fourth-order valence-electron chi connectivity index (χ4n) is 8.39. The molecule has 0 fully saturated rings. The van der Waals surface area contributed by atoms with Crippen LogP contribution in [0.3, 0.4) is 0 Å². The molecule has 49 heavy (non-hydrogen) atoms. The molecule has 1 spiro atoms. The molecule has 0 saturated heterocycles. The van der Waals surface area contributed by atoms with Crippen LogP contribution in [0, 0.1) is 13.8 Å². The zero-order valence-corrected chi connectivity index (χ0v) is 28.9. The Labute approximate surface area is 291 Å². The van der Waals surface area contributed by atoms with Crippen molar-refractivity contribution in [3.05, 3.63) is 195 Å². The van der Waals surface area contributed by atoms with E-state index in [2.05, 4.69) is 158 Å². The Morgan fingerprint density at radius 2 is 0.980 bits per heavy atom. The van der Waals surface area contributed by atoms with Crippen molar-refractivity contribution >= 4 is 50.9 Å². The van der Waals surface area contributed by atoms with Gasteiger partial charge in [0, 0.05) is 0 Å². The van der Waals surface area contributed by atoms with Crippen LogP contribution in [0.5, 0.6) is 0 Å². The molecule has 7 aromatic carbocycles. The predicted octanol–water partition coefficient (Wildman–Crippen LogP) is 10.8. The monoisotopic (exact) mass is 693 g/mol. The molecular weight excluding hydrogens is 661 g/mol. The first-order valence-electron chi connectivity index (χ1n) is 16.8. The summed E-state index contributed by atoms with van der Waals surface area (Å²) < 4.78 is 2.34. The number of nitrogens with zero attached hydrogens (tertiary/aromatic N) is 1. The number of benzene rings is 7. The molecule has 0 saturated carbocycles. The maximum absolute atomic E-state index is 14.2. The van der Waals surface area contributed by atoms with Crippen molar-refractivity contribution < 1.29 is 0 Å². The zero-order valence-electron chi connectivity index (χ0n) is 27.2. The zero-order chi connectivity index (χ0) is 32.9. The van der Waals surface area contributed by atoms with Crippen LogP contribution in [0.25, 0.3) is 41.5 Å². The summed E-state index contributed by atoms with van der Waals surface area (Å²) in [6.45, 7) is 4.27. The number of fused-ring (bicyclic) bond motifs is 12. The van der Waals surface area contributed by atoms with Crippen molar-refractivity contribution in [3.63, 3.8) is 0 Å². The third kappa shape index (κ3) is 3.98. The molecule has 2 nitrogen and oxygen atoms in total. The van der Waals surface area contributed by atoms with Crippen LogP contribution in [-0.4, -0.2) is 14.5 Å². The molecule has 0 radical (unpaired) electrons. The first-order chi connectivity index (χ1) is 24.0. The molecule has 8 aromatic rings. The van der Waals surface area contributed by atoms with Crippen LogP contribution in [-0.2, 0) is 5.41 Å². The Morgan fingerprint density at radius 3 is 1.65 bits per heavy atom. The van der Waals surface area contributed by atoms with Crippen molar-refractivity contribution in [1.82, 2.24) is 0 Å². The Kier molecular flexibility index (Phi) is 6.12. The molecule has 3 heteroatoms. The van der Waals surface area contributed by atoms with Crippen LogP contribution in [0.2, 0.25) is 0 Å². The van der Waals surface area contributed by atoms with E-state index in [4.69, 9.17) is 0 Å². The summed E-state index contributed by atoms with van der Waals surface area (Å²) in [5.41, 5.74) is 15.4. The van der Waals surface area contributed by atoms with E-state index in [1.165, 1.54) is 64.2 Å². The number of rotatable bonds is 3. The molecule has 0 aliphatic heterocycles. The summed E-state index contributed by atoms with van der Waals surface area (Å²) >= 11 is 0.0564. The van der Waals surface area contributed by atoms with Gasteiger partial charge in [-0.15, -0.1) is 0 Å². The van der Waals surface area contributed by atoms with Gasteiger partial charge in [-0.25, -0.2) is 0 Å². The molecule has 232 valence electrons. The summed E-state index contributed by atoms with van der Waals surface area (Å²) in [5, 5.41) is 1.70. The Morgan fingerprint density at radius 1 is 0.449 bits per heavy atom. The third-order valence-electron chi connectivity index (χ3n) is 10.6. The number of hydrogen-bond acceptors (Lipinski definition) is 2. The van der Waals surface area contributed by atoms with Gasteiger partial charge >= 0.3 is 268 Å². The van der Waals surface area contributed by atoms with Gasteiger partial charge in [0.2, 0.25) is 0 Å². The number of aryl methyl sites for hydroxylation is 2. The topological polar surface area (TPSA) is 20.3 Å². The Hall–Kier alpha value is -5.47. The molecule has 1 atom stereocenters. The molecule has 0 bridgehead atoms. The van der Waals surface area contributed by atoms with Gasteiger partial charge in [0.05, 0.1) is 0 Å². The second-order valence-corrected chi connectivity index (χ2v) is 15.7. The normalized spacial score (nSPS) is 15.3. The van der Waals surface area contributed by atoms with Crippen LogP contribution >= 0.6 is 0 Å². The van der Waals surface area contributed by atoms with Gasteiger partial charge in [-0.1, -0.05) is 11.1 Å². The maximum atomic E-state index is 14.2. The molecule has 1 heterocycles. The summed E-state index contributed by atoms with van der Waals surface area (Å²) in [4.78, 5) is 16.6. The summed E-state index contributed by atoms with van der Waals surface area (Å²) in [5.74, 6) is 0. The van der Waals surface area contributed by atoms with Crippen LogP contribution in [0.15, 0.2) is 156 Å². The van der Waals surface area contributed by atoms with Crippen LogP contribution in [0.1, 0.15) is 33.4 Å². The summed E-state index contributed by atoms with van der Waals surface area (Å²) in [6.07, 6.45) is 0. The quantitative estimate of drug-likeness (QED) is 0.136. The van der Waals surface area contributed by atoms with Gasteiger partial charge in [-0.2, -0.15) is 0 Å². The van der Waals surface area contributed by atoms with Gasteiger partial charge < -0.3 is 0 Å². The molecular formula is C46H31NOSe. The van der Waals surface area contributed by atoms with Crippen molar-refractivity contribution in [2.75, 3.05) is 4.90 Å². The Bertz CT molecular complexity index is 2660. The van der Waals surface area contributed by atoms with E-state index >= 15 is 0 Å². The van der Waals surface area contributed by atoms with Crippen LogP contribution < -0.4 is 10.3 Å². The van der Waals surface area contributed by atoms with Crippen molar-refractivity contribution in [2.45, 2.75) is 19.3 Å². The molecule has 2 aliphatic rings. The average Bonchev–Trinajstić information content (AvgIpc) is 3.59. The minimum atomic E-state index is -0.556. The average molecular weight is 693 g/mol. The van der Waals surface area contributed by atoms with Crippen molar-refractivity contribution in [1.29, 1.82) is 0 Å². The fraction of sp³-hybridized carbons (Fsp3) is 0.0652. The summed E-state index contributed by atoms with van der Waals surface area (Å²) in [7, 11) is 0. The number of hydrogen-bond donors (Lipinski definition) is 0. The van der Waals surface area contributed by atoms with E-state index in [-0.39, 0.29) is 19.9 Å². The van der Waals surface area contributed by atoms with Gasteiger partial charge in [0.1, 0.15) is 0 Å². The molecule has 10 rings (SSSR count). The molecule has 1 aromatic heterocycles. The van der Waals surface area contributed by atoms with Gasteiger partial charge in [0.15, 0.2) is 0 Å². The van der Waals surface area contributed by atoms with E-state index in [0.29, 0.717) is 0 Å². The minimum absolute atomic E-state index is 0.0564. The van der Waals surface area contributed by atoms with E-state index in [1.807, 2.05) is 12.1 Å². The van der Waals surface area contributed by atoms with E-state index < -0.39 is 5.41 Å². The Balaban J connectivity index is 1.30. The fourth-order valence-corrected chi connectivity index (χ4v) is 10.7. The molecule has 1 unspecified atom stereocenters. The van der Waals surface area contributed by atoms with E-state index in [0.717, 1.165) is 27.8 Å². The number of anilines is 3. The first-order valence-corrected chi connectivity index (χ1v) is 18.5. The van der Waals surface area contributed by atoms with E-state index in [9.17, 15) is 4.79 Å².